The van der Waals surface area contributed by atoms with Crippen molar-refractivity contribution in [2.24, 2.45) is 0 Å². The van der Waals surface area contributed by atoms with E-state index in [-0.39, 0.29) is 52.8 Å². The van der Waals surface area contributed by atoms with Gasteiger partial charge in [0, 0.05) is 31.9 Å². The van der Waals surface area contributed by atoms with Crippen molar-refractivity contribution in [2.45, 2.75) is 50.4 Å². The Morgan fingerprint density at radius 1 is 1.14 bits per heavy atom. The molecule has 3 fully saturated rings. The Kier molecular flexibility index (Phi) is 7.57. The number of nitrogens with zero attached hydrogens (tertiary/aromatic N) is 6. The highest BCUT2D eigenvalue weighted by molar-refractivity contribution is 5.92. The van der Waals surface area contributed by atoms with Crippen molar-refractivity contribution < 1.29 is 31.1 Å². The quantitative estimate of drug-likeness (QED) is 0.386. The number of hydrogen-bond acceptors (Lipinski definition) is 9. The summed E-state index contributed by atoms with van der Waals surface area (Å²) in [6.07, 6.45) is -0.868. The molecule has 1 atom stereocenters. The second kappa shape index (κ2) is 11.1. The zero-order valence-electron chi connectivity index (χ0n) is 23.3. The molecule has 0 bridgehead atoms. The van der Waals surface area contributed by atoms with Gasteiger partial charge in [0.2, 0.25) is 0 Å². The second-order valence-electron chi connectivity index (χ2n) is 11.3. The Hall–Kier alpha value is -3.72. The molecule has 0 spiro atoms. The highest BCUT2D eigenvalue weighted by Crippen LogP contribution is 2.42. The maximum Gasteiger partial charge on any atom is 0.418 e. The lowest BCUT2D eigenvalue weighted by Crippen LogP contribution is -2.50. The molecule has 9 nitrogen and oxygen atoms in total. The molecule has 6 heterocycles. The lowest BCUT2D eigenvalue weighted by atomic mass is 9.95. The molecule has 230 valence electrons. The molecule has 43 heavy (non-hydrogen) atoms. The van der Waals surface area contributed by atoms with Crippen LogP contribution in [0, 0.1) is 12.7 Å². The zero-order chi connectivity index (χ0) is 30.5. The molecule has 0 saturated carbocycles. The summed E-state index contributed by atoms with van der Waals surface area (Å²) in [6.45, 7) is 4.09. The largest absolute Gasteiger partial charge is 0.461 e. The topological polar surface area (TPSA) is 105 Å². The van der Waals surface area contributed by atoms with E-state index in [4.69, 9.17) is 10.5 Å². The Morgan fingerprint density at radius 3 is 2.58 bits per heavy atom. The van der Waals surface area contributed by atoms with Gasteiger partial charge < -0.3 is 20.7 Å². The minimum atomic E-state index is -4.86. The Balaban J connectivity index is 1.48. The molecule has 3 aliphatic rings. The first-order valence-corrected chi connectivity index (χ1v) is 14.1. The first-order chi connectivity index (χ1) is 20.4. The van der Waals surface area contributed by atoms with Crippen LogP contribution in [-0.4, -0.2) is 75.7 Å². The monoisotopic (exact) mass is 608 g/mol. The average molecular weight is 609 g/mol. The van der Waals surface area contributed by atoms with E-state index >= 15 is 4.39 Å². The summed E-state index contributed by atoms with van der Waals surface area (Å²) in [5, 5.41) is 3.07. The number of aromatic nitrogens is 4. The third kappa shape index (κ3) is 5.55. The van der Waals surface area contributed by atoms with Crippen molar-refractivity contribution in [1.82, 2.24) is 30.2 Å². The lowest BCUT2D eigenvalue weighted by molar-refractivity contribution is -0.137. The summed E-state index contributed by atoms with van der Waals surface area (Å²) < 4.78 is 90.7. The van der Waals surface area contributed by atoms with Crippen LogP contribution in [-0.2, 0) is 6.18 Å². The third-order valence-corrected chi connectivity index (χ3v) is 8.50. The maximum atomic E-state index is 16.3. The number of aryl methyl sites for hydroxylation is 1. The van der Waals surface area contributed by atoms with E-state index < -0.39 is 41.1 Å². The minimum Gasteiger partial charge on any atom is -0.461 e. The van der Waals surface area contributed by atoms with E-state index in [1.807, 2.05) is 0 Å². The van der Waals surface area contributed by atoms with Crippen LogP contribution in [0.2, 0.25) is 0 Å². The van der Waals surface area contributed by atoms with Crippen LogP contribution in [0.15, 0.2) is 24.4 Å². The van der Waals surface area contributed by atoms with E-state index in [0.29, 0.717) is 13.1 Å². The Labute approximate surface area is 243 Å². The van der Waals surface area contributed by atoms with E-state index in [2.05, 4.69) is 30.2 Å². The molecule has 0 amide bonds. The molecule has 3 aliphatic heterocycles. The number of fused-ring (bicyclic) bond motifs is 2. The number of pyridine rings is 2. The number of anilines is 2. The van der Waals surface area contributed by atoms with E-state index in [1.54, 1.807) is 4.90 Å². The van der Waals surface area contributed by atoms with Crippen LogP contribution >= 0.6 is 0 Å². The van der Waals surface area contributed by atoms with Crippen molar-refractivity contribution >= 4 is 22.5 Å². The predicted octanol–water partition coefficient (Wildman–Crippen LogP) is 4.70. The van der Waals surface area contributed by atoms with Gasteiger partial charge in [0.1, 0.15) is 35.1 Å². The van der Waals surface area contributed by atoms with Gasteiger partial charge in [0.25, 0.3) is 6.08 Å². The fraction of sp³-hybridized carbons (Fsp3) is 0.500. The summed E-state index contributed by atoms with van der Waals surface area (Å²) >= 11 is 0. The molecule has 3 aromatic rings. The highest BCUT2D eigenvalue weighted by Gasteiger charge is 2.45. The normalized spacial score (nSPS) is 20.4. The van der Waals surface area contributed by atoms with Crippen LogP contribution in [0.5, 0.6) is 6.01 Å². The van der Waals surface area contributed by atoms with Crippen LogP contribution < -0.4 is 20.7 Å². The molecule has 3 N–H and O–H groups in total. The van der Waals surface area contributed by atoms with Gasteiger partial charge in [-0.15, -0.1) is 0 Å². The zero-order valence-corrected chi connectivity index (χ0v) is 23.3. The molecule has 0 aromatic carbocycles. The molecule has 3 saturated heterocycles. The number of ether oxygens (including phenoxy) is 1. The van der Waals surface area contributed by atoms with Crippen molar-refractivity contribution in [3.8, 4) is 17.4 Å². The van der Waals surface area contributed by atoms with E-state index in [0.717, 1.165) is 50.9 Å². The standard InChI is InChI=1S/C28H30F6N8O/c1-15-10-19(35)38-23(20(15)28(32,33)34)24-21(31)22-17(12-37-24)25(41-9-6-36-16(13-41)11-18(29)30)40-26(39-22)43-14-27-4-2-7-42(27)8-3-5-27/h10-12,16,36H,2-9,13-14H2,1H3,(H2,35,38). The van der Waals surface area contributed by atoms with Crippen molar-refractivity contribution in [1.29, 1.82) is 0 Å². The Bertz CT molecular complexity index is 1570. The summed E-state index contributed by atoms with van der Waals surface area (Å²) in [5.74, 6) is -1.21. The number of nitrogen functional groups attached to an aromatic ring is 1. The fourth-order valence-electron chi connectivity index (χ4n) is 6.61. The number of hydrogen-bond donors (Lipinski definition) is 2. The molecule has 3 aromatic heterocycles. The minimum absolute atomic E-state index is 0.0676. The number of nitrogens with one attached hydrogen (secondary N) is 1. The van der Waals surface area contributed by atoms with Crippen LogP contribution in [0.25, 0.3) is 22.3 Å². The first-order valence-electron chi connectivity index (χ1n) is 14.1. The van der Waals surface area contributed by atoms with Gasteiger partial charge in [-0.05, 0) is 63.4 Å². The van der Waals surface area contributed by atoms with Crippen LogP contribution in [0.1, 0.15) is 36.8 Å². The average Bonchev–Trinajstić information content (AvgIpc) is 3.51. The van der Waals surface area contributed by atoms with Crippen molar-refractivity contribution in [3.05, 3.63) is 41.4 Å². The third-order valence-electron chi connectivity index (χ3n) is 8.50. The summed E-state index contributed by atoms with van der Waals surface area (Å²) in [4.78, 5) is 20.8. The predicted molar refractivity (Wildman–Crippen MR) is 147 cm³/mol. The first kappa shape index (κ1) is 29.4. The summed E-state index contributed by atoms with van der Waals surface area (Å²) in [7, 11) is 0. The van der Waals surface area contributed by atoms with Gasteiger partial charge >= 0.3 is 12.2 Å². The number of alkyl halides is 3. The number of halogens is 6. The van der Waals surface area contributed by atoms with E-state index in [9.17, 15) is 22.0 Å². The second-order valence-corrected chi connectivity index (χ2v) is 11.3. The van der Waals surface area contributed by atoms with Gasteiger partial charge in [-0.3, -0.25) is 9.88 Å². The lowest BCUT2D eigenvalue weighted by Gasteiger charge is -2.34. The van der Waals surface area contributed by atoms with Gasteiger partial charge in [-0.2, -0.15) is 31.9 Å². The summed E-state index contributed by atoms with van der Waals surface area (Å²) in [5.41, 5.74) is 2.41. The molecule has 6 rings (SSSR count). The highest BCUT2D eigenvalue weighted by atomic mass is 19.4. The van der Waals surface area contributed by atoms with Gasteiger partial charge in [0.15, 0.2) is 5.82 Å². The smallest absolute Gasteiger partial charge is 0.418 e. The van der Waals surface area contributed by atoms with Gasteiger partial charge in [-0.25, -0.2) is 9.37 Å². The molecule has 0 radical (unpaired) electrons. The molecule has 15 heteroatoms. The summed E-state index contributed by atoms with van der Waals surface area (Å²) in [6, 6.07) is 0.173. The molecule has 0 aliphatic carbocycles. The van der Waals surface area contributed by atoms with Crippen LogP contribution in [0.4, 0.5) is 38.0 Å². The van der Waals surface area contributed by atoms with Crippen molar-refractivity contribution in [2.75, 3.05) is 50.0 Å². The van der Waals surface area contributed by atoms with Crippen LogP contribution in [0.3, 0.4) is 0 Å². The SMILES string of the molecule is Cc1cc(N)nc(-c2ncc3c(N4CCNC(C=C(F)F)C4)nc(OCC45CCCN4CCC5)nc3c2F)c1C(F)(F)F. The molecular weight excluding hydrogens is 578 g/mol. The molecule has 1 unspecified atom stereocenters. The molecular formula is C28H30F6N8O. The Morgan fingerprint density at radius 2 is 1.88 bits per heavy atom. The van der Waals surface area contributed by atoms with Gasteiger partial charge in [0.05, 0.1) is 16.5 Å². The van der Waals surface area contributed by atoms with Gasteiger partial charge in [-0.1, -0.05) is 0 Å². The van der Waals surface area contributed by atoms with Crippen molar-refractivity contribution in [3.63, 3.8) is 0 Å². The number of rotatable bonds is 6. The maximum absolute atomic E-state index is 16.3. The van der Waals surface area contributed by atoms with E-state index in [1.165, 1.54) is 13.1 Å². The number of piperazine rings is 1. The number of nitrogens with two attached hydrogens (primary N) is 1. The fourth-order valence-corrected chi connectivity index (χ4v) is 6.61.